The van der Waals surface area contributed by atoms with Crippen LogP contribution in [0.4, 0.5) is 13.2 Å². The minimum atomic E-state index is -4.34. The van der Waals surface area contributed by atoms with E-state index in [0.717, 1.165) is 0 Å². The van der Waals surface area contributed by atoms with Gasteiger partial charge in [-0.15, -0.1) is 12.3 Å². The van der Waals surface area contributed by atoms with Gasteiger partial charge in [0.05, 0.1) is 0 Å². The van der Waals surface area contributed by atoms with Gasteiger partial charge in [0.1, 0.15) is 17.5 Å². The van der Waals surface area contributed by atoms with Gasteiger partial charge in [-0.25, -0.2) is 26.3 Å². The molecular weight excluding hydrogens is 279 g/mol. The van der Waals surface area contributed by atoms with Crippen LogP contribution in [0.25, 0.3) is 0 Å². The molecule has 104 valence electrons. The Bertz CT molecular complexity index is 570. The van der Waals surface area contributed by atoms with Crippen molar-refractivity contribution in [3.8, 4) is 12.3 Å². The van der Waals surface area contributed by atoms with Crippen LogP contribution in [0.3, 0.4) is 0 Å². The molecular formula is C12H12F3NO2S. The number of terminal acetylenes is 1. The first-order chi connectivity index (χ1) is 8.88. The van der Waals surface area contributed by atoms with E-state index in [9.17, 15) is 21.6 Å². The molecule has 1 aromatic carbocycles. The fraction of sp³-hybridized carbons (Fsp3) is 0.333. The molecule has 0 atom stereocenters. The maximum absolute atomic E-state index is 13.3. The molecule has 1 rings (SSSR count). The van der Waals surface area contributed by atoms with Crippen molar-refractivity contribution in [2.75, 3.05) is 6.54 Å². The Balaban J connectivity index is 2.81. The van der Waals surface area contributed by atoms with Gasteiger partial charge in [0.15, 0.2) is 4.90 Å². The zero-order valence-electron chi connectivity index (χ0n) is 9.92. The molecule has 0 spiro atoms. The number of unbranched alkanes of at least 4 members (excludes halogenated alkanes) is 2. The molecule has 0 saturated carbocycles. The summed E-state index contributed by atoms with van der Waals surface area (Å²) in [6, 6.07) is 0.631. The van der Waals surface area contributed by atoms with E-state index in [0.29, 0.717) is 31.4 Å². The molecule has 0 radical (unpaired) electrons. The van der Waals surface area contributed by atoms with E-state index >= 15 is 0 Å². The molecule has 0 fully saturated rings. The Hall–Kier alpha value is -1.52. The Morgan fingerprint density at radius 3 is 2.26 bits per heavy atom. The van der Waals surface area contributed by atoms with E-state index in [1.54, 1.807) is 0 Å². The molecule has 0 heterocycles. The van der Waals surface area contributed by atoms with Crippen LogP contribution in [0.15, 0.2) is 17.0 Å². The van der Waals surface area contributed by atoms with Crippen molar-refractivity contribution >= 4 is 10.0 Å². The quantitative estimate of drug-likeness (QED) is 0.645. The van der Waals surface area contributed by atoms with Crippen LogP contribution in [0.5, 0.6) is 0 Å². The molecule has 1 aromatic rings. The largest absolute Gasteiger partial charge is 0.246 e. The van der Waals surface area contributed by atoms with Gasteiger partial charge in [-0.2, -0.15) is 0 Å². The number of halogens is 3. The van der Waals surface area contributed by atoms with Crippen LogP contribution in [-0.4, -0.2) is 15.0 Å². The normalized spacial score (nSPS) is 11.3. The first kappa shape index (κ1) is 15.5. The molecule has 0 aliphatic rings. The minimum absolute atomic E-state index is 0.000268. The van der Waals surface area contributed by atoms with Crippen LogP contribution in [0.2, 0.25) is 0 Å². The predicted molar refractivity (Wildman–Crippen MR) is 64.2 cm³/mol. The SMILES string of the molecule is C#CCCCCNS(=O)(=O)c1c(F)cc(F)cc1F. The summed E-state index contributed by atoms with van der Waals surface area (Å²) in [5, 5.41) is 0. The smallest absolute Gasteiger partial charge is 0.211 e. The van der Waals surface area contributed by atoms with Gasteiger partial charge in [-0.05, 0) is 12.8 Å². The standard InChI is InChI=1S/C12H12F3NO2S/c1-2-3-4-5-6-16-19(17,18)12-10(14)7-9(13)8-11(12)15/h1,7-8,16H,3-6H2. The van der Waals surface area contributed by atoms with E-state index in [2.05, 4.69) is 5.92 Å². The third-order valence-corrected chi connectivity index (χ3v) is 3.78. The highest BCUT2D eigenvalue weighted by atomic mass is 32.2. The number of hydrogen-bond donors (Lipinski definition) is 1. The highest BCUT2D eigenvalue weighted by Gasteiger charge is 2.24. The monoisotopic (exact) mass is 291 g/mol. The molecule has 19 heavy (non-hydrogen) atoms. The summed E-state index contributed by atoms with van der Waals surface area (Å²) < 4.78 is 64.7. The fourth-order valence-electron chi connectivity index (χ4n) is 1.42. The summed E-state index contributed by atoms with van der Waals surface area (Å²) in [4.78, 5) is -1.18. The van der Waals surface area contributed by atoms with Crippen LogP contribution in [-0.2, 0) is 10.0 Å². The van der Waals surface area contributed by atoms with E-state index in [-0.39, 0.29) is 6.54 Å². The van der Waals surface area contributed by atoms with Crippen molar-refractivity contribution in [2.45, 2.75) is 24.2 Å². The van der Waals surface area contributed by atoms with E-state index in [1.807, 2.05) is 4.72 Å². The second kappa shape index (κ2) is 6.59. The van der Waals surface area contributed by atoms with Crippen molar-refractivity contribution in [3.05, 3.63) is 29.6 Å². The van der Waals surface area contributed by atoms with Crippen LogP contribution >= 0.6 is 0 Å². The molecule has 7 heteroatoms. The summed E-state index contributed by atoms with van der Waals surface area (Å²) >= 11 is 0. The van der Waals surface area contributed by atoms with Crippen molar-refractivity contribution in [3.63, 3.8) is 0 Å². The Kier molecular flexibility index (Phi) is 5.39. The van der Waals surface area contributed by atoms with Crippen molar-refractivity contribution in [1.82, 2.24) is 4.72 Å². The number of nitrogens with one attached hydrogen (secondary N) is 1. The summed E-state index contributed by atoms with van der Waals surface area (Å²) in [6.07, 6.45) is 6.53. The van der Waals surface area contributed by atoms with Crippen LogP contribution in [0.1, 0.15) is 19.3 Å². The molecule has 0 aliphatic heterocycles. The Morgan fingerprint density at radius 2 is 1.74 bits per heavy atom. The highest BCUT2D eigenvalue weighted by molar-refractivity contribution is 7.89. The van der Waals surface area contributed by atoms with Gasteiger partial charge in [-0.1, -0.05) is 0 Å². The van der Waals surface area contributed by atoms with Gasteiger partial charge in [0, 0.05) is 25.1 Å². The summed E-state index contributed by atoms with van der Waals surface area (Å²) in [5.74, 6) is -1.72. The third kappa shape index (κ3) is 4.26. The van der Waals surface area contributed by atoms with E-state index < -0.39 is 32.4 Å². The van der Waals surface area contributed by atoms with Crippen LogP contribution in [0, 0.1) is 29.8 Å². The second-order valence-electron chi connectivity index (χ2n) is 3.76. The van der Waals surface area contributed by atoms with Gasteiger partial charge >= 0.3 is 0 Å². The lowest BCUT2D eigenvalue weighted by Gasteiger charge is -2.08. The average molecular weight is 291 g/mol. The number of hydrogen-bond acceptors (Lipinski definition) is 2. The van der Waals surface area contributed by atoms with Gasteiger partial charge in [-0.3, -0.25) is 0 Å². The predicted octanol–water partition coefficient (Wildman–Crippen LogP) is 2.19. The lowest BCUT2D eigenvalue weighted by atomic mass is 10.2. The average Bonchev–Trinajstić information content (AvgIpc) is 2.26. The van der Waals surface area contributed by atoms with Crippen LogP contribution < -0.4 is 4.72 Å². The Morgan fingerprint density at radius 1 is 1.16 bits per heavy atom. The van der Waals surface area contributed by atoms with Gasteiger partial charge in [0.2, 0.25) is 10.0 Å². The highest BCUT2D eigenvalue weighted by Crippen LogP contribution is 2.19. The van der Waals surface area contributed by atoms with Gasteiger partial charge < -0.3 is 0 Å². The first-order valence-corrected chi connectivity index (χ1v) is 6.94. The molecule has 3 nitrogen and oxygen atoms in total. The molecule has 0 unspecified atom stereocenters. The fourth-order valence-corrected chi connectivity index (χ4v) is 2.61. The molecule has 0 aliphatic carbocycles. The third-order valence-electron chi connectivity index (χ3n) is 2.27. The molecule has 0 amide bonds. The first-order valence-electron chi connectivity index (χ1n) is 5.46. The Labute approximate surface area is 109 Å². The molecule has 0 saturated heterocycles. The van der Waals surface area contributed by atoms with Crippen molar-refractivity contribution in [1.29, 1.82) is 0 Å². The van der Waals surface area contributed by atoms with E-state index in [4.69, 9.17) is 6.42 Å². The molecule has 0 aromatic heterocycles. The lowest BCUT2D eigenvalue weighted by molar-refractivity contribution is 0.493. The summed E-state index contributed by atoms with van der Waals surface area (Å²) in [6.45, 7) is 0.000268. The zero-order valence-corrected chi connectivity index (χ0v) is 10.7. The second-order valence-corrected chi connectivity index (χ2v) is 5.46. The van der Waals surface area contributed by atoms with Crippen molar-refractivity contribution < 1.29 is 21.6 Å². The summed E-state index contributed by atoms with van der Waals surface area (Å²) in [5.41, 5.74) is 0. The zero-order chi connectivity index (χ0) is 14.5. The maximum Gasteiger partial charge on any atom is 0.246 e. The minimum Gasteiger partial charge on any atom is -0.211 e. The molecule has 1 N–H and O–H groups in total. The molecule has 0 bridgehead atoms. The topological polar surface area (TPSA) is 46.2 Å². The lowest BCUT2D eigenvalue weighted by Crippen LogP contribution is -2.26. The maximum atomic E-state index is 13.3. The summed E-state index contributed by atoms with van der Waals surface area (Å²) in [7, 11) is -4.34. The van der Waals surface area contributed by atoms with Gasteiger partial charge in [0.25, 0.3) is 0 Å². The number of benzene rings is 1. The number of sulfonamides is 1. The number of rotatable bonds is 6. The van der Waals surface area contributed by atoms with Crippen molar-refractivity contribution in [2.24, 2.45) is 0 Å². The van der Waals surface area contributed by atoms with E-state index in [1.165, 1.54) is 0 Å².